The maximum Gasteiger partial charge on any atom is 0.142 e. The second kappa shape index (κ2) is 8.92. The Balaban J connectivity index is 2.52. The molecule has 0 saturated carbocycles. The van der Waals surface area contributed by atoms with E-state index in [1.54, 1.807) is 0 Å². The third-order valence-corrected chi connectivity index (χ3v) is 2.80. The second-order valence-electron chi connectivity index (χ2n) is 4.63. The van der Waals surface area contributed by atoms with Gasteiger partial charge < -0.3 is 10.1 Å². The van der Waals surface area contributed by atoms with E-state index in [4.69, 9.17) is 4.74 Å². The number of pyridine rings is 1. The number of aryl methyl sites for hydroxylation is 1. The SMILES string of the molecule is CCCCCOc1ccc(C)nc1CNCCC. The quantitative estimate of drug-likeness (QED) is 0.682. The molecule has 0 fully saturated rings. The summed E-state index contributed by atoms with van der Waals surface area (Å²) in [5.74, 6) is 0.931. The van der Waals surface area contributed by atoms with Gasteiger partial charge >= 0.3 is 0 Å². The first-order valence-electron chi connectivity index (χ1n) is 7.08. The predicted octanol–water partition coefficient (Wildman–Crippen LogP) is 3.46. The maximum absolute atomic E-state index is 5.82. The molecule has 0 amide bonds. The largest absolute Gasteiger partial charge is 0.492 e. The number of hydrogen-bond donors (Lipinski definition) is 1. The van der Waals surface area contributed by atoms with Crippen LogP contribution in [-0.4, -0.2) is 18.1 Å². The summed E-state index contributed by atoms with van der Waals surface area (Å²) in [5.41, 5.74) is 2.07. The van der Waals surface area contributed by atoms with Gasteiger partial charge in [-0.1, -0.05) is 26.7 Å². The molecule has 1 aromatic heterocycles. The fourth-order valence-electron chi connectivity index (χ4n) is 1.77. The molecule has 0 radical (unpaired) electrons. The summed E-state index contributed by atoms with van der Waals surface area (Å²) in [4.78, 5) is 4.56. The molecule has 1 aromatic rings. The van der Waals surface area contributed by atoms with Crippen LogP contribution >= 0.6 is 0 Å². The highest BCUT2D eigenvalue weighted by Crippen LogP contribution is 2.17. The van der Waals surface area contributed by atoms with Crippen molar-refractivity contribution >= 4 is 0 Å². The van der Waals surface area contributed by atoms with Gasteiger partial charge in [-0.15, -0.1) is 0 Å². The van der Waals surface area contributed by atoms with Crippen LogP contribution in [0.1, 0.15) is 50.9 Å². The Morgan fingerprint density at radius 1 is 1.17 bits per heavy atom. The van der Waals surface area contributed by atoms with Gasteiger partial charge in [0.2, 0.25) is 0 Å². The van der Waals surface area contributed by atoms with Crippen molar-refractivity contribution in [2.24, 2.45) is 0 Å². The Bertz CT molecular complexity index is 339. The first-order chi connectivity index (χ1) is 8.77. The lowest BCUT2D eigenvalue weighted by molar-refractivity contribution is 0.300. The number of aromatic nitrogens is 1. The van der Waals surface area contributed by atoms with Crippen molar-refractivity contribution < 1.29 is 4.74 Å². The Morgan fingerprint density at radius 3 is 2.72 bits per heavy atom. The van der Waals surface area contributed by atoms with E-state index >= 15 is 0 Å². The zero-order valence-electron chi connectivity index (χ0n) is 12.0. The van der Waals surface area contributed by atoms with E-state index in [0.717, 1.165) is 49.7 Å². The second-order valence-corrected chi connectivity index (χ2v) is 4.63. The zero-order chi connectivity index (χ0) is 13.2. The molecule has 0 saturated heterocycles. The van der Waals surface area contributed by atoms with E-state index in [1.807, 2.05) is 19.1 Å². The number of rotatable bonds is 9. The third kappa shape index (κ3) is 5.50. The van der Waals surface area contributed by atoms with E-state index in [1.165, 1.54) is 12.8 Å². The lowest BCUT2D eigenvalue weighted by Gasteiger charge is -2.12. The van der Waals surface area contributed by atoms with Gasteiger partial charge in [0.1, 0.15) is 5.75 Å². The van der Waals surface area contributed by atoms with Crippen molar-refractivity contribution in [1.29, 1.82) is 0 Å². The minimum Gasteiger partial charge on any atom is -0.492 e. The summed E-state index contributed by atoms with van der Waals surface area (Å²) in [6.45, 7) is 8.99. The number of nitrogens with one attached hydrogen (secondary N) is 1. The monoisotopic (exact) mass is 250 g/mol. The molecule has 18 heavy (non-hydrogen) atoms. The highest BCUT2D eigenvalue weighted by Gasteiger charge is 2.05. The van der Waals surface area contributed by atoms with E-state index in [-0.39, 0.29) is 0 Å². The molecule has 0 atom stereocenters. The number of nitrogens with zero attached hydrogens (tertiary/aromatic N) is 1. The first kappa shape index (κ1) is 15.0. The fraction of sp³-hybridized carbons (Fsp3) is 0.667. The van der Waals surface area contributed by atoms with Crippen LogP contribution < -0.4 is 10.1 Å². The van der Waals surface area contributed by atoms with Crippen LogP contribution in [0.3, 0.4) is 0 Å². The summed E-state index contributed by atoms with van der Waals surface area (Å²) in [5, 5.41) is 3.38. The highest BCUT2D eigenvalue weighted by atomic mass is 16.5. The molecule has 1 rings (SSSR count). The van der Waals surface area contributed by atoms with E-state index in [9.17, 15) is 0 Å². The Labute approximate surface area is 111 Å². The van der Waals surface area contributed by atoms with Crippen LogP contribution in [0.15, 0.2) is 12.1 Å². The van der Waals surface area contributed by atoms with Crippen molar-refractivity contribution in [2.75, 3.05) is 13.2 Å². The normalized spacial score (nSPS) is 10.6. The van der Waals surface area contributed by atoms with E-state index < -0.39 is 0 Å². The smallest absolute Gasteiger partial charge is 0.142 e. The van der Waals surface area contributed by atoms with Crippen LogP contribution in [0.5, 0.6) is 5.75 Å². The third-order valence-electron chi connectivity index (χ3n) is 2.80. The summed E-state index contributed by atoms with van der Waals surface area (Å²) in [7, 11) is 0. The van der Waals surface area contributed by atoms with Crippen LogP contribution in [0.2, 0.25) is 0 Å². The molecule has 0 unspecified atom stereocenters. The van der Waals surface area contributed by atoms with Gasteiger partial charge in [-0.3, -0.25) is 4.98 Å². The van der Waals surface area contributed by atoms with Gasteiger partial charge in [-0.05, 0) is 38.4 Å². The van der Waals surface area contributed by atoms with E-state index in [2.05, 4.69) is 24.1 Å². The standard InChI is InChI=1S/C15H26N2O/c1-4-6-7-11-18-15-9-8-13(3)17-14(15)12-16-10-5-2/h8-9,16H,4-7,10-12H2,1-3H3. The highest BCUT2D eigenvalue weighted by molar-refractivity contribution is 5.29. The molecule has 0 aliphatic heterocycles. The molecule has 3 heteroatoms. The molecule has 0 aliphatic carbocycles. The summed E-state index contributed by atoms with van der Waals surface area (Å²) >= 11 is 0. The van der Waals surface area contributed by atoms with Gasteiger partial charge in [0.05, 0.1) is 12.3 Å². The van der Waals surface area contributed by atoms with Crippen molar-refractivity contribution in [2.45, 2.75) is 53.0 Å². The number of hydrogen-bond acceptors (Lipinski definition) is 3. The Kier molecular flexibility index (Phi) is 7.42. The molecule has 0 aliphatic rings. The Hall–Kier alpha value is -1.09. The van der Waals surface area contributed by atoms with Crippen molar-refractivity contribution in [1.82, 2.24) is 10.3 Å². The summed E-state index contributed by atoms with van der Waals surface area (Å²) < 4.78 is 5.82. The fourth-order valence-corrected chi connectivity index (χ4v) is 1.77. The summed E-state index contributed by atoms with van der Waals surface area (Å²) in [6, 6.07) is 4.05. The van der Waals surface area contributed by atoms with Crippen molar-refractivity contribution in [3.8, 4) is 5.75 Å². The maximum atomic E-state index is 5.82. The molecule has 102 valence electrons. The summed E-state index contributed by atoms with van der Waals surface area (Å²) in [6.07, 6.45) is 4.70. The lowest BCUT2D eigenvalue weighted by atomic mass is 10.2. The lowest BCUT2D eigenvalue weighted by Crippen LogP contribution is -2.16. The molecule has 3 nitrogen and oxygen atoms in total. The van der Waals surface area contributed by atoms with Crippen molar-refractivity contribution in [3.63, 3.8) is 0 Å². The molecular formula is C15H26N2O. The minimum atomic E-state index is 0.790. The number of unbranched alkanes of at least 4 members (excludes halogenated alkanes) is 2. The average Bonchev–Trinajstić information content (AvgIpc) is 2.37. The minimum absolute atomic E-state index is 0.790. The van der Waals surface area contributed by atoms with Gasteiger partial charge in [0, 0.05) is 12.2 Å². The topological polar surface area (TPSA) is 34.1 Å². The van der Waals surface area contributed by atoms with Gasteiger partial charge in [-0.2, -0.15) is 0 Å². The van der Waals surface area contributed by atoms with E-state index in [0.29, 0.717) is 0 Å². The first-order valence-corrected chi connectivity index (χ1v) is 7.08. The number of ether oxygens (including phenoxy) is 1. The molecule has 1 heterocycles. The molecule has 1 N–H and O–H groups in total. The van der Waals surface area contributed by atoms with Gasteiger partial charge in [-0.25, -0.2) is 0 Å². The van der Waals surface area contributed by atoms with Crippen LogP contribution in [0.25, 0.3) is 0 Å². The predicted molar refractivity (Wildman–Crippen MR) is 76.0 cm³/mol. The molecule has 0 spiro atoms. The zero-order valence-corrected chi connectivity index (χ0v) is 12.0. The average molecular weight is 250 g/mol. The van der Waals surface area contributed by atoms with Gasteiger partial charge in [0.15, 0.2) is 0 Å². The van der Waals surface area contributed by atoms with Crippen LogP contribution in [0.4, 0.5) is 0 Å². The Morgan fingerprint density at radius 2 is 2.00 bits per heavy atom. The van der Waals surface area contributed by atoms with Crippen molar-refractivity contribution in [3.05, 3.63) is 23.5 Å². The molecule has 0 bridgehead atoms. The van der Waals surface area contributed by atoms with Crippen LogP contribution in [-0.2, 0) is 6.54 Å². The van der Waals surface area contributed by atoms with Gasteiger partial charge in [0.25, 0.3) is 0 Å². The van der Waals surface area contributed by atoms with Crippen LogP contribution in [0, 0.1) is 6.92 Å². The molecule has 0 aromatic carbocycles. The molecular weight excluding hydrogens is 224 g/mol.